The van der Waals surface area contributed by atoms with Crippen LogP contribution in [0.15, 0.2) is 4.52 Å². The lowest BCUT2D eigenvalue weighted by Crippen LogP contribution is -2.13. The van der Waals surface area contributed by atoms with Gasteiger partial charge in [-0.3, -0.25) is 4.79 Å². The average molecular weight is 266 g/mol. The first-order valence-electron chi connectivity index (χ1n) is 7.15. The van der Waals surface area contributed by atoms with Crippen LogP contribution in [-0.4, -0.2) is 22.7 Å². The number of hydrogen-bond donors (Lipinski definition) is 0. The molecule has 5 heteroatoms. The highest BCUT2D eigenvalue weighted by Crippen LogP contribution is 2.38. The molecular weight excluding hydrogens is 244 g/mol. The minimum atomic E-state index is -0.482. The zero-order valence-corrected chi connectivity index (χ0v) is 11.9. The van der Waals surface area contributed by atoms with Gasteiger partial charge in [-0.1, -0.05) is 18.5 Å². The molecule has 19 heavy (non-hydrogen) atoms. The first-order valence-corrected chi connectivity index (χ1v) is 7.15. The maximum Gasteiger partial charge on any atom is 0.318 e. The molecule has 2 rings (SSSR count). The molecule has 0 amide bonds. The van der Waals surface area contributed by atoms with Crippen LogP contribution in [0.25, 0.3) is 0 Å². The number of nitrogens with zero attached hydrogens (tertiary/aromatic N) is 2. The van der Waals surface area contributed by atoms with Gasteiger partial charge in [0.2, 0.25) is 5.89 Å². The Kier molecular flexibility index (Phi) is 4.56. The topological polar surface area (TPSA) is 65.2 Å². The van der Waals surface area contributed by atoms with E-state index in [2.05, 4.69) is 17.1 Å². The monoisotopic (exact) mass is 266 g/mol. The number of carbonyl (C=O) groups excluding carboxylic acids is 1. The Morgan fingerprint density at radius 3 is 2.89 bits per heavy atom. The van der Waals surface area contributed by atoms with Crippen molar-refractivity contribution in [2.24, 2.45) is 5.92 Å². The van der Waals surface area contributed by atoms with E-state index in [-0.39, 0.29) is 5.97 Å². The summed E-state index contributed by atoms with van der Waals surface area (Å²) in [6.07, 6.45) is 4.69. The van der Waals surface area contributed by atoms with Crippen molar-refractivity contribution in [3.63, 3.8) is 0 Å². The minimum Gasteiger partial charge on any atom is -0.465 e. The molecule has 0 aromatic carbocycles. The van der Waals surface area contributed by atoms with Gasteiger partial charge in [-0.15, -0.1) is 0 Å². The summed E-state index contributed by atoms with van der Waals surface area (Å²) in [6, 6.07) is 0. The molecule has 3 atom stereocenters. The van der Waals surface area contributed by atoms with Crippen molar-refractivity contribution in [3.8, 4) is 0 Å². The third-order valence-electron chi connectivity index (χ3n) is 3.95. The molecule has 1 aliphatic carbocycles. The fraction of sp³-hybridized carbons (Fsp3) is 0.786. The number of ether oxygens (including phenoxy) is 1. The van der Waals surface area contributed by atoms with E-state index < -0.39 is 5.92 Å². The smallest absolute Gasteiger partial charge is 0.318 e. The molecule has 1 aromatic heterocycles. The highest BCUT2D eigenvalue weighted by molar-refractivity contribution is 5.76. The van der Waals surface area contributed by atoms with Gasteiger partial charge in [0.25, 0.3) is 0 Å². The van der Waals surface area contributed by atoms with Gasteiger partial charge >= 0.3 is 5.97 Å². The molecule has 1 saturated carbocycles. The summed E-state index contributed by atoms with van der Waals surface area (Å²) >= 11 is 0. The fourth-order valence-electron chi connectivity index (χ4n) is 2.64. The third-order valence-corrected chi connectivity index (χ3v) is 3.95. The van der Waals surface area contributed by atoms with Crippen LogP contribution < -0.4 is 0 Å². The lowest BCUT2D eigenvalue weighted by Gasteiger charge is -2.05. The van der Waals surface area contributed by atoms with Crippen molar-refractivity contribution in [2.45, 2.75) is 58.3 Å². The van der Waals surface area contributed by atoms with Gasteiger partial charge in [0, 0.05) is 5.92 Å². The SMILES string of the molecule is CCOC(=O)C(C)c1nc(C2CCC(CC)C2)no1. The van der Waals surface area contributed by atoms with Gasteiger partial charge in [-0.05, 0) is 39.0 Å². The molecule has 1 aliphatic rings. The summed E-state index contributed by atoms with van der Waals surface area (Å²) < 4.78 is 10.2. The third kappa shape index (κ3) is 3.14. The van der Waals surface area contributed by atoms with Gasteiger partial charge in [0.1, 0.15) is 5.92 Å². The number of aromatic nitrogens is 2. The van der Waals surface area contributed by atoms with E-state index >= 15 is 0 Å². The predicted molar refractivity (Wildman–Crippen MR) is 69.7 cm³/mol. The average Bonchev–Trinajstić information content (AvgIpc) is 3.06. The van der Waals surface area contributed by atoms with Crippen molar-refractivity contribution >= 4 is 5.97 Å². The molecule has 0 saturated heterocycles. The molecule has 0 bridgehead atoms. The Hall–Kier alpha value is -1.39. The van der Waals surface area contributed by atoms with Crippen molar-refractivity contribution in [1.29, 1.82) is 0 Å². The Morgan fingerprint density at radius 2 is 2.26 bits per heavy atom. The molecule has 1 heterocycles. The Labute approximate surface area is 113 Å². The summed E-state index contributed by atoms with van der Waals surface area (Å²) in [5, 5.41) is 4.04. The van der Waals surface area contributed by atoms with E-state index in [4.69, 9.17) is 9.26 Å². The van der Waals surface area contributed by atoms with E-state index in [1.54, 1.807) is 13.8 Å². The summed E-state index contributed by atoms with van der Waals surface area (Å²) in [6.45, 7) is 6.11. The molecule has 0 aliphatic heterocycles. The molecule has 1 fully saturated rings. The summed E-state index contributed by atoms with van der Waals surface area (Å²) in [5.41, 5.74) is 0. The molecule has 0 radical (unpaired) electrons. The Balaban J connectivity index is 2.01. The zero-order valence-electron chi connectivity index (χ0n) is 11.9. The van der Waals surface area contributed by atoms with Crippen molar-refractivity contribution in [3.05, 3.63) is 11.7 Å². The molecule has 0 spiro atoms. The lowest BCUT2D eigenvalue weighted by molar-refractivity contribution is -0.145. The van der Waals surface area contributed by atoms with Crippen LogP contribution in [0.5, 0.6) is 0 Å². The first kappa shape index (κ1) is 14.0. The van der Waals surface area contributed by atoms with Crippen LogP contribution in [0.3, 0.4) is 0 Å². The second kappa shape index (κ2) is 6.17. The van der Waals surface area contributed by atoms with E-state index in [1.807, 2.05) is 0 Å². The second-order valence-electron chi connectivity index (χ2n) is 5.25. The highest BCUT2D eigenvalue weighted by Gasteiger charge is 2.30. The van der Waals surface area contributed by atoms with Gasteiger partial charge in [-0.25, -0.2) is 0 Å². The predicted octanol–water partition coefficient (Wildman–Crippen LogP) is 3.03. The Bertz CT molecular complexity index is 430. The standard InChI is InChI=1S/C14H22N2O3/c1-4-10-6-7-11(8-10)12-15-13(19-16-12)9(3)14(17)18-5-2/h9-11H,4-8H2,1-3H3. The van der Waals surface area contributed by atoms with Crippen molar-refractivity contribution in [1.82, 2.24) is 10.1 Å². The molecule has 1 aromatic rings. The zero-order chi connectivity index (χ0) is 13.8. The first-order chi connectivity index (χ1) is 9.15. The quantitative estimate of drug-likeness (QED) is 0.766. The number of rotatable bonds is 5. The van der Waals surface area contributed by atoms with Gasteiger partial charge in [0.15, 0.2) is 5.82 Å². The molecule has 0 N–H and O–H groups in total. The lowest BCUT2D eigenvalue weighted by atomic mass is 10.0. The van der Waals surface area contributed by atoms with Crippen LogP contribution in [0.1, 0.15) is 70.0 Å². The Morgan fingerprint density at radius 1 is 1.47 bits per heavy atom. The van der Waals surface area contributed by atoms with Crippen LogP contribution in [0.4, 0.5) is 0 Å². The maximum atomic E-state index is 11.6. The van der Waals surface area contributed by atoms with E-state index in [9.17, 15) is 4.79 Å². The van der Waals surface area contributed by atoms with Gasteiger partial charge in [0.05, 0.1) is 6.61 Å². The van der Waals surface area contributed by atoms with Gasteiger partial charge in [-0.2, -0.15) is 4.98 Å². The summed E-state index contributed by atoms with van der Waals surface area (Å²) in [4.78, 5) is 16.0. The van der Waals surface area contributed by atoms with Crippen LogP contribution in [0, 0.1) is 5.92 Å². The molecular formula is C14H22N2O3. The van der Waals surface area contributed by atoms with Crippen LogP contribution in [0.2, 0.25) is 0 Å². The second-order valence-corrected chi connectivity index (χ2v) is 5.25. The molecule has 3 unspecified atom stereocenters. The minimum absolute atomic E-state index is 0.310. The summed E-state index contributed by atoms with van der Waals surface area (Å²) in [5.74, 6) is 1.49. The number of hydrogen-bond acceptors (Lipinski definition) is 5. The van der Waals surface area contributed by atoms with E-state index in [0.29, 0.717) is 18.4 Å². The van der Waals surface area contributed by atoms with Crippen LogP contribution in [-0.2, 0) is 9.53 Å². The highest BCUT2D eigenvalue weighted by atomic mass is 16.5. The number of carbonyl (C=O) groups is 1. The van der Waals surface area contributed by atoms with E-state index in [1.165, 1.54) is 12.8 Å². The van der Waals surface area contributed by atoms with Crippen LogP contribution >= 0.6 is 0 Å². The largest absolute Gasteiger partial charge is 0.465 e. The number of esters is 1. The molecule has 106 valence electrons. The summed E-state index contributed by atoms with van der Waals surface area (Å²) in [7, 11) is 0. The van der Waals surface area contributed by atoms with Gasteiger partial charge < -0.3 is 9.26 Å². The van der Waals surface area contributed by atoms with E-state index in [0.717, 1.165) is 24.6 Å². The normalized spacial score (nSPS) is 24.4. The van der Waals surface area contributed by atoms with Crippen molar-refractivity contribution in [2.75, 3.05) is 6.61 Å². The fourth-order valence-corrected chi connectivity index (χ4v) is 2.64. The van der Waals surface area contributed by atoms with Crippen molar-refractivity contribution < 1.29 is 14.1 Å². The molecule has 5 nitrogen and oxygen atoms in total. The maximum absolute atomic E-state index is 11.6.